The van der Waals surface area contributed by atoms with Crippen LogP contribution in [0.3, 0.4) is 0 Å². The summed E-state index contributed by atoms with van der Waals surface area (Å²) in [5.41, 5.74) is 0.477. The largest absolute Gasteiger partial charge is 0.465 e. The topological polar surface area (TPSA) is 35.5 Å². The van der Waals surface area contributed by atoms with E-state index in [0.717, 1.165) is 5.75 Å². The molecule has 2 aromatic rings. The number of para-hydroxylation sites is 1. The van der Waals surface area contributed by atoms with E-state index in [-0.39, 0.29) is 5.97 Å². The monoisotopic (exact) mass is 306 g/mol. The second-order valence-corrected chi connectivity index (χ2v) is 4.41. The van der Waals surface area contributed by atoms with Gasteiger partial charge in [0.05, 0.1) is 17.1 Å². The van der Waals surface area contributed by atoms with E-state index in [1.165, 1.54) is 7.11 Å². The van der Waals surface area contributed by atoms with E-state index >= 15 is 0 Å². The van der Waals surface area contributed by atoms with Crippen LogP contribution < -0.4 is 4.74 Å². The van der Waals surface area contributed by atoms with E-state index < -0.39 is 0 Å². The van der Waals surface area contributed by atoms with Gasteiger partial charge >= 0.3 is 5.97 Å². The van der Waals surface area contributed by atoms with Gasteiger partial charge in [0.2, 0.25) is 0 Å². The number of hydrogen-bond acceptors (Lipinski definition) is 3. The Hall–Kier alpha value is -1.81. The molecule has 3 nitrogen and oxygen atoms in total. The number of methoxy groups -OCH3 is 1. The Balaban J connectivity index is 2.23. The van der Waals surface area contributed by atoms with Crippen LogP contribution in [0.25, 0.3) is 0 Å². The molecular formula is C14H11BrO3. The second kappa shape index (κ2) is 5.69. The lowest BCUT2D eigenvalue weighted by atomic mass is 10.2. The Kier molecular flexibility index (Phi) is 3.99. The fourth-order valence-electron chi connectivity index (χ4n) is 1.44. The van der Waals surface area contributed by atoms with E-state index in [9.17, 15) is 4.79 Å². The summed E-state index contributed by atoms with van der Waals surface area (Å²) in [6.45, 7) is 0. The molecule has 0 saturated carbocycles. The number of benzene rings is 2. The van der Waals surface area contributed by atoms with Gasteiger partial charge < -0.3 is 9.47 Å². The number of ether oxygens (including phenoxy) is 2. The minimum absolute atomic E-state index is 0.373. The number of rotatable bonds is 3. The van der Waals surface area contributed by atoms with Gasteiger partial charge in [0.25, 0.3) is 0 Å². The van der Waals surface area contributed by atoms with Crippen molar-refractivity contribution in [3.63, 3.8) is 0 Å². The van der Waals surface area contributed by atoms with Gasteiger partial charge in [0, 0.05) is 0 Å². The van der Waals surface area contributed by atoms with Crippen LogP contribution in [-0.4, -0.2) is 13.1 Å². The summed E-state index contributed by atoms with van der Waals surface area (Å²) >= 11 is 3.37. The molecule has 0 amide bonds. The van der Waals surface area contributed by atoms with Crippen molar-refractivity contribution in [2.24, 2.45) is 0 Å². The first-order valence-electron chi connectivity index (χ1n) is 5.31. The van der Waals surface area contributed by atoms with Gasteiger partial charge in [-0.3, -0.25) is 0 Å². The van der Waals surface area contributed by atoms with Gasteiger partial charge in [-0.15, -0.1) is 0 Å². The van der Waals surface area contributed by atoms with Crippen molar-refractivity contribution >= 4 is 21.9 Å². The van der Waals surface area contributed by atoms with Crippen LogP contribution >= 0.6 is 15.9 Å². The summed E-state index contributed by atoms with van der Waals surface area (Å²) in [7, 11) is 1.35. The van der Waals surface area contributed by atoms with Crippen LogP contribution in [0.5, 0.6) is 11.5 Å². The van der Waals surface area contributed by atoms with Gasteiger partial charge in [0.15, 0.2) is 0 Å². The van der Waals surface area contributed by atoms with Crippen LogP contribution in [0.2, 0.25) is 0 Å². The highest BCUT2D eigenvalue weighted by Crippen LogP contribution is 2.30. The maximum atomic E-state index is 11.4. The molecule has 0 spiro atoms. The second-order valence-electron chi connectivity index (χ2n) is 3.55. The van der Waals surface area contributed by atoms with E-state index in [1.807, 2.05) is 30.3 Å². The SMILES string of the molecule is COC(=O)c1ccc(Oc2ccccc2)c(Br)c1. The molecule has 2 aromatic carbocycles. The fourth-order valence-corrected chi connectivity index (χ4v) is 1.90. The molecule has 2 rings (SSSR count). The van der Waals surface area contributed by atoms with E-state index in [4.69, 9.17) is 4.74 Å². The predicted molar refractivity (Wildman–Crippen MR) is 72.0 cm³/mol. The van der Waals surface area contributed by atoms with E-state index in [0.29, 0.717) is 15.8 Å². The predicted octanol–water partition coefficient (Wildman–Crippen LogP) is 4.03. The average molecular weight is 307 g/mol. The van der Waals surface area contributed by atoms with Crippen LogP contribution in [0, 0.1) is 0 Å². The van der Waals surface area contributed by atoms with Gasteiger partial charge in [-0.1, -0.05) is 18.2 Å². The third-order valence-corrected chi connectivity index (χ3v) is 2.94. The molecule has 0 bridgehead atoms. The Morgan fingerprint density at radius 2 is 1.83 bits per heavy atom. The van der Waals surface area contributed by atoms with Gasteiger partial charge in [-0.25, -0.2) is 4.79 Å². The Morgan fingerprint density at radius 3 is 2.44 bits per heavy atom. The fraction of sp³-hybridized carbons (Fsp3) is 0.0714. The Bertz CT molecular complexity index is 552. The summed E-state index contributed by atoms with van der Waals surface area (Å²) in [4.78, 5) is 11.4. The first-order chi connectivity index (χ1) is 8.70. The molecule has 0 atom stereocenters. The summed E-state index contributed by atoms with van der Waals surface area (Å²) in [5, 5.41) is 0. The first-order valence-corrected chi connectivity index (χ1v) is 6.11. The quantitative estimate of drug-likeness (QED) is 0.803. The number of carbonyl (C=O) groups excluding carboxylic acids is 1. The standard InChI is InChI=1S/C14H11BrO3/c1-17-14(16)10-7-8-13(12(15)9-10)18-11-5-3-2-4-6-11/h2-9H,1H3. The molecule has 0 aromatic heterocycles. The van der Waals surface area contributed by atoms with E-state index in [1.54, 1.807) is 18.2 Å². The summed E-state index contributed by atoms with van der Waals surface area (Å²) in [5.74, 6) is 1.01. The number of hydrogen-bond donors (Lipinski definition) is 0. The highest BCUT2D eigenvalue weighted by Gasteiger charge is 2.09. The van der Waals surface area contributed by atoms with E-state index in [2.05, 4.69) is 20.7 Å². The van der Waals surface area contributed by atoms with Crippen molar-refractivity contribution in [2.45, 2.75) is 0 Å². The molecular weight excluding hydrogens is 296 g/mol. The molecule has 0 fully saturated rings. The average Bonchev–Trinajstić information content (AvgIpc) is 2.41. The molecule has 0 aliphatic carbocycles. The highest BCUT2D eigenvalue weighted by molar-refractivity contribution is 9.10. The highest BCUT2D eigenvalue weighted by atomic mass is 79.9. The number of carbonyl (C=O) groups is 1. The molecule has 0 radical (unpaired) electrons. The maximum absolute atomic E-state index is 11.4. The van der Waals surface area contributed by atoms with Crippen molar-refractivity contribution < 1.29 is 14.3 Å². The molecule has 0 N–H and O–H groups in total. The van der Waals surface area contributed by atoms with Crippen LogP contribution in [-0.2, 0) is 4.74 Å². The van der Waals surface area contributed by atoms with Gasteiger partial charge in [-0.2, -0.15) is 0 Å². The van der Waals surface area contributed by atoms with Gasteiger partial charge in [-0.05, 0) is 46.3 Å². The van der Waals surface area contributed by atoms with Crippen molar-refractivity contribution in [1.29, 1.82) is 0 Å². The third kappa shape index (κ3) is 2.90. The normalized spacial score (nSPS) is 9.89. The molecule has 0 unspecified atom stereocenters. The zero-order chi connectivity index (χ0) is 13.0. The summed E-state index contributed by atoms with van der Waals surface area (Å²) < 4.78 is 11.0. The van der Waals surface area contributed by atoms with Crippen LogP contribution in [0.15, 0.2) is 53.0 Å². The Labute approximate surface area is 113 Å². The lowest BCUT2D eigenvalue weighted by Gasteiger charge is -2.08. The van der Waals surface area contributed by atoms with Crippen LogP contribution in [0.4, 0.5) is 0 Å². The van der Waals surface area contributed by atoms with Crippen molar-refractivity contribution in [2.75, 3.05) is 7.11 Å². The van der Waals surface area contributed by atoms with Crippen molar-refractivity contribution in [1.82, 2.24) is 0 Å². The molecule has 0 saturated heterocycles. The molecule has 18 heavy (non-hydrogen) atoms. The maximum Gasteiger partial charge on any atom is 0.337 e. The zero-order valence-electron chi connectivity index (χ0n) is 9.72. The Morgan fingerprint density at radius 1 is 1.11 bits per heavy atom. The third-order valence-electron chi connectivity index (χ3n) is 2.32. The lowest BCUT2D eigenvalue weighted by molar-refractivity contribution is 0.0600. The van der Waals surface area contributed by atoms with Crippen LogP contribution in [0.1, 0.15) is 10.4 Å². The number of esters is 1. The molecule has 0 aliphatic heterocycles. The van der Waals surface area contributed by atoms with Crippen molar-refractivity contribution in [3.8, 4) is 11.5 Å². The first kappa shape index (κ1) is 12.6. The number of halogens is 1. The molecule has 92 valence electrons. The summed E-state index contributed by atoms with van der Waals surface area (Å²) in [6, 6.07) is 14.5. The molecule has 0 heterocycles. The minimum Gasteiger partial charge on any atom is -0.465 e. The molecule has 4 heteroatoms. The smallest absolute Gasteiger partial charge is 0.337 e. The zero-order valence-corrected chi connectivity index (χ0v) is 11.3. The lowest BCUT2D eigenvalue weighted by Crippen LogP contribution is -2.01. The minimum atomic E-state index is -0.373. The summed E-state index contributed by atoms with van der Waals surface area (Å²) in [6.07, 6.45) is 0. The van der Waals surface area contributed by atoms with Crippen molar-refractivity contribution in [3.05, 3.63) is 58.6 Å². The molecule has 0 aliphatic rings. The van der Waals surface area contributed by atoms with Gasteiger partial charge in [0.1, 0.15) is 11.5 Å².